The van der Waals surface area contributed by atoms with Gasteiger partial charge in [0.2, 0.25) is 23.6 Å². The van der Waals surface area contributed by atoms with E-state index in [4.69, 9.17) is 5.73 Å². The number of para-hydroxylation sites is 1. The normalized spacial score (nSPS) is 15.1. The standard InChI is InChI=1S/C40H50FN5O5/c1-40(2,3)26-38(50)46(30-12-8-5-9-13-30)31-20-22-45(23-21-31)39(51)35(25-28-10-6-4-7-11-28)44-37(49)27-43-36(48)19-18-33(41)34(42)24-29-14-16-32(47)17-15-29/h4-18,31,34-35,47H,19-27,42H2,1-3H3,(H,43,48)(H,44,49). The van der Waals surface area contributed by atoms with Gasteiger partial charge in [0.05, 0.1) is 12.6 Å². The number of piperidine rings is 1. The lowest BCUT2D eigenvalue weighted by Crippen LogP contribution is -2.55. The molecule has 4 rings (SSSR count). The van der Waals surface area contributed by atoms with E-state index in [1.807, 2.05) is 86.3 Å². The van der Waals surface area contributed by atoms with Crippen molar-refractivity contribution in [3.8, 4) is 5.75 Å². The van der Waals surface area contributed by atoms with Crippen LogP contribution in [0, 0.1) is 5.41 Å². The minimum atomic E-state index is -0.967. The lowest BCUT2D eigenvalue weighted by atomic mass is 9.90. The van der Waals surface area contributed by atoms with Gasteiger partial charge in [-0.15, -0.1) is 0 Å². The van der Waals surface area contributed by atoms with Crippen molar-refractivity contribution in [2.75, 3.05) is 24.5 Å². The maximum absolute atomic E-state index is 14.6. The molecule has 3 aromatic rings. The molecule has 3 aromatic carbocycles. The summed E-state index contributed by atoms with van der Waals surface area (Å²) in [7, 11) is 0. The van der Waals surface area contributed by atoms with Crippen LogP contribution in [0.25, 0.3) is 0 Å². The number of hydrogen-bond acceptors (Lipinski definition) is 6. The number of likely N-dealkylation sites (tertiary alicyclic amines) is 1. The second-order valence-corrected chi connectivity index (χ2v) is 14.2. The van der Waals surface area contributed by atoms with Gasteiger partial charge in [-0.25, -0.2) is 4.39 Å². The van der Waals surface area contributed by atoms with Gasteiger partial charge in [-0.3, -0.25) is 19.2 Å². The van der Waals surface area contributed by atoms with Crippen molar-refractivity contribution in [1.29, 1.82) is 0 Å². The highest BCUT2D eigenvalue weighted by Gasteiger charge is 2.34. The molecule has 2 unspecified atom stereocenters. The number of nitrogens with zero attached hydrogens (tertiary/aromatic N) is 2. The number of carbonyl (C=O) groups is 4. The predicted octanol–water partition coefficient (Wildman–Crippen LogP) is 4.81. The molecule has 0 saturated carbocycles. The van der Waals surface area contributed by atoms with Crippen molar-refractivity contribution >= 4 is 29.3 Å². The van der Waals surface area contributed by atoms with Gasteiger partial charge in [0.25, 0.3) is 0 Å². The fourth-order valence-electron chi connectivity index (χ4n) is 6.12. The van der Waals surface area contributed by atoms with E-state index in [-0.39, 0.29) is 48.3 Å². The van der Waals surface area contributed by atoms with Gasteiger partial charge in [0.15, 0.2) is 0 Å². The highest BCUT2D eigenvalue weighted by Crippen LogP contribution is 2.28. The number of rotatable bonds is 14. The number of carbonyl (C=O) groups excluding carboxylic acids is 4. The van der Waals surface area contributed by atoms with Gasteiger partial charge in [-0.1, -0.05) is 81.4 Å². The molecule has 2 atom stereocenters. The largest absolute Gasteiger partial charge is 0.508 e. The Labute approximate surface area is 299 Å². The fraction of sp³-hybridized carbons (Fsp3) is 0.400. The Morgan fingerprint density at radius 1 is 0.902 bits per heavy atom. The molecule has 0 bridgehead atoms. The Kier molecular flexibility index (Phi) is 13.9. The Hall–Kier alpha value is -5.03. The lowest BCUT2D eigenvalue weighted by Gasteiger charge is -2.40. The van der Waals surface area contributed by atoms with Gasteiger partial charge in [0.1, 0.15) is 17.6 Å². The fourth-order valence-corrected chi connectivity index (χ4v) is 6.12. The third-order valence-electron chi connectivity index (χ3n) is 8.72. The number of phenolic OH excluding ortho intramolecular Hbond substituents is 1. The molecule has 10 nitrogen and oxygen atoms in total. The smallest absolute Gasteiger partial charge is 0.245 e. The van der Waals surface area contributed by atoms with Gasteiger partial charge in [-0.05, 0) is 66.1 Å². The molecule has 0 spiro atoms. The molecule has 1 fully saturated rings. The van der Waals surface area contributed by atoms with Crippen LogP contribution in [0.3, 0.4) is 0 Å². The zero-order valence-electron chi connectivity index (χ0n) is 29.7. The number of halogens is 1. The van der Waals surface area contributed by atoms with Gasteiger partial charge in [-0.2, -0.15) is 0 Å². The quantitative estimate of drug-likeness (QED) is 0.190. The summed E-state index contributed by atoms with van der Waals surface area (Å²) in [6.07, 6.45) is 2.76. The van der Waals surface area contributed by atoms with E-state index in [1.54, 1.807) is 17.0 Å². The van der Waals surface area contributed by atoms with Crippen LogP contribution in [-0.4, -0.2) is 71.4 Å². The second kappa shape index (κ2) is 18.3. The van der Waals surface area contributed by atoms with E-state index in [9.17, 15) is 28.7 Å². The van der Waals surface area contributed by atoms with Crippen molar-refractivity contribution in [3.05, 3.63) is 108 Å². The number of phenols is 1. The molecule has 1 aliphatic heterocycles. The maximum Gasteiger partial charge on any atom is 0.245 e. The molecule has 11 heteroatoms. The topological polar surface area (TPSA) is 145 Å². The molecule has 1 heterocycles. The third kappa shape index (κ3) is 12.4. The summed E-state index contributed by atoms with van der Waals surface area (Å²) >= 11 is 0. The van der Waals surface area contributed by atoms with Crippen LogP contribution in [0.1, 0.15) is 57.6 Å². The molecule has 0 aliphatic carbocycles. The average Bonchev–Trinajstić information content (AvgIpc) is 3.10. The average molecular weight is 700 g/mol. The minimum Gasteiger partial charge on any atom is -0.508 e. The summed E-state index contributed by atoms with van der Waals surface area (Å²) < 4.78 is 14.6. The summed E-state index contributed by atoms with van der Waals surface area (Å²) in [6, 6.07) is 23.3. The number of hydrogen-bond donors (Lipinski definition) is 4. The molecule has 4 amide bonds. The summed E-state index contributed by atoms with van der Waals surface area (Å²) in [5.41, 5.74) is 8.18. The molecule has 0 aromatic heterocycles. The van der Waals surface area contributed by atoms with E-state index in [0.29, 0.717) is 32.4 Å². The number of amides is 4. The van der Waals surface area contributed by atoms with E-state index in [2.05, 4.69) is 10.6 Å². The van der Waals surface area contributed by atoms with Crippen LogP contribution in [-0.2, 0) is 32.0 Å². The number of nitrogens with two attached hydrogens (primary N) is 1. The summed E-state index contributed by atoms with van der Waals surface area (Å²) in [5, 5.41) is 14.7. The van der Waals surface area contributed by atoms with Crippen molar-refractivity contribution in [2.45, 2.75) is 77.4 Å². The first-order chi connectivity index (χ1) is 24.3. The monoisotopic (exact) mass is 699 g/mol. The molecule has 51 heavy (non-hydrogen) atoms. The number of anilines is 1. The van der Waals surface area contributed by atoms with Gasteiger partial charge >= 0.3 is 0 Å². The van der Waals surface area contributed by atoms with Crippen LogP contribution in [0.2, 0.25) is 0 Å². The first-order valence-electron chi connectivity index (χ1n) is 17.4. The molecule has 1 saturated heterocycles. The Bertz CT molecular complexity index is 1640. The Morgan fingerprint density at radius 3 is 2.10 bits per heavy atom. The predicted molar refractivity (Wildman–Crippen MR) is 196 cm³/mol. The first-order valence-corrected chi connectivity index (χ1v) is 17.4. The van der Waals surface area contributed by atoms with Gasteiger partial charge in [0, 0.05) is 44.1 Å². The minimum absolute atomic E-state index is 0.0462. The molecule has 272 valence electrons. The van der Waals surface area contributed by atoms with Crippen molar-refractivity contribution in [2.24, 2.45) is 11.1 Å². The van der Waals surface area contributed by atoms with Gasteiger partial charge < -0.3 is 31.3 Å². The van der Waals surface area contributed by atoms with Crippen molar-refractivity contribution in [1.82, 2.24) is 15.5 Å². The highest BCUT2D eigenvalue weighted by atomic mass is 19.1. The number of nitrogens with one attached hydrogen (secondary N) is 2. The summed E-state index contributed by atoms with van der Waals surface area (Å²) in [6.45, 7) is 6.56. The van der Waals surface area contributed by atoms with Crippen LogP contribution in [0.4, 0.5) is 10.1 Å². The zero-order valence-corrected chi connectivity index (χ0v) is 29.7. The van der Waals surface area contributed by atoms with Crippen molar-refractivity contribution < 1.29 is 28.7 Å². The first kappa shape index (κ1) is 38.8. The molecule has 5 N–H and O–H groups in total. The van der Waals surface area contributed by atoms with Crippen molar-refractivity contribution in [3.63, 3.8) is 0 Å². The number of benzene rings is 3. The van der Waals surface area contributed by atoms with Crippen LogP contribution in [0.5, 0.6) is 5.75 Å². The SMILES string of the molecule is CC(C)(C)CC(=O)N(c1ccccc1)C1CCN(C(=O)C(Cc2ccccc2)NC(=O)CNC(=O)CC=C(F)C(N)Cc2ccc(O)cc2)CC1. The van der Waals surface area contributed by atoms with E-state index >= 15 is 0 Å². The number of aromatic hydroxyl groups is 1. The summed E-state index contributed by atoms with van der Waals surface area (Å²) in [5.74, 6) is -1.89. The van der Waals surface area contributed by atoms with Crippen LogP contribution in [0.15, 0.2) is 96.8 Å². The molecule has 1 aliphatic rings. The van der Waals surface area contributed by atoms with E-state index in [1.165, 1.54) is 12.1 Å². The van der Waals surface area contributed by atoms with Crippen LogP contribution < -0.4 is 21.3 Å². The zero-order chi connectivity index (χ0) is 37.0. The van der Waals surface area contributed by atoms with Crippen LogP contribution >= 0.6 is 0 Å². The maximum atomic E-state index is 14.6. The van der Waals surface area contributed by atoms with E-state index in [0.717, 1.165) is 22.9 Å². The highest BCUT2D eigenvalue weighted by molar-refractivity contribution is 5.94. The van der Waals surface area contributed by atoms with E-state index < -0.39 is 36.3 Å². The Morgan fingerprint density at radius 2 is 1.49 bits per heavy atom. The Balaban J connectivity index is 1.34. The molecule has 0 radical (unpaired) electrons. The molecular formula is C40H50FN5O5. The molecular weight excluding hydrogens is 649 g/mol. The third-order valence-corrected chi connectivity index (χ3v) is 8.72. The second-order valence-electron chi connectivity index (χ2n) is 14.2. The summed E-state index contributed by atoms with van der Waals surface area (Å²) in [4.78, 5) is 56.5. The lowest BCUT2D eigenvalue weighted by molar-refractivity contribution is -0.137.